The van der Waals surface area contributed by atoms with Crippen molar-refractivity contribution in [3.63, 3.8) is 0 Å². The first kappa shape index (κ1) is 29.3. The number of halogens is 7. The number of alkyl halides is 6. The Morgan fingerprint density at radius 1 is 0.925 bits per heavy atom. The fourth-order valence-electron chi connectivity index (χ4n) is 3.79. The van der Waals surface area contributed by atoms with Gasteiger partial charge in [0.05, 0.1) is 10.5 Å². The van der Waals surface area contributed by atoms with E-state index in [9.17, 15) is 39.2 Å². The predicted molar refractivity (Wildman–Crippen MR) is 128 cm³/mol. The van der Waals surface area contributed by atoms with E-state index in [-0.39, 0.29) is 48.4 Å². The third-order valence-electron chi connectivity index (χ3n) is 5.65. The Kier molecular flexibility index (Phi) is 8.34. The molecular weight excluding hydrogens is 573 g/mol. The lowest BCUT2D eigenvalue weighted by Gasteiger charge is -2.31. The summed E-state index contributed by atoms with van der Waals surface area (Å²) in [5.41, 5.74) is -1.07. The Hall–Kier alpha value is -3.73. The summed E-state index contributed by atoms with van der Waals surface area (Å²) in [6, 6.07) is 7.41. The molecule has 0 amide bonds. The zero-order chi connectivity index (χ0) is 29.1. The average molecular weight is 595 g/mol. The van der Waals surface area contributed by atoms with E-state index in [2.05, 4.69) is 30.3 Å². The Morgan fingerprint density at radius 2 is 1.60 bits per heavy atom. The Bertz CT molecular complexity index is 1450. The third-order valence-corrected chi connectivity index (χ3v) is 7.54. The van der Waals surface area contributed by atoms with E-state index < -0.39 is 52.4 Å². The lowest BCUT2D eigenvalue weighted by Crippen LogP contribution is -2.42. The van der Waals surface area contributed by atoms with E-state index >= 15 is 0 Å². The van der Waals surface area contributed by atoms with Gasteiger partial charge in [0.2, 0.25) is 21.9 Å². The van der Waals surface area contributed by atoms with Crippen molar-refractivity contribution in [2.45, 2.75) is 36.1 Å². The summed E-state index contributed by atoms with van der Waals surface area (Å²) in [6.07, 6.45) is -8.89. The van der Waals surface area contributed by atoms with Gasteiger partial charge in [0.25, 0.3) is 0 Å². The lowest BCUT2D eigenvalue weighted by molar-refractivity contribution is -0.154. The molecule has 2 N–H and O–H groups in total. The van der Waals surface area contributed by atoms with Gasteiger partial charge in [-0.1, -0.05) is 12.1 Å². The highest BCUT2D eigenvalue weighted by Gasteiger charge is 2.32. The smallest absolute Gasteiger partial charge is 0.422 e. The van der Waals surface area contributed by atoms with Crippen LogP contribution < -0.4 is 15.4 Å². The van der Waals surface area contributed by atoms with Crippen LogP contribution in [0.25, 0.3) is 0 Å². The van der Waals surface area contributed by atoms with Crippen LogP contribution in [0.4, 0.5) is 48.3 Å². The standard InChI is InChI=1S/C23H21F7N6O3S/c24-15-4-2-6-18(12-15)40(37,38)36-9-7-16(8-10-36)31-19-33-20(35-21(34-19)39-13-22(25,26)27)32-17-5-1-3-14(11-17)23(28,29)30/h1-6,11-12,16H,7-10,13H2,(H2,31,32,33,34,35). The van der Waals surface area contributed by atoms with E-state index in [1.165, 1.54) is 22.5 Å². The number of nitrogens with zero attached hydrogens (tertiary/aromatic N) is 4. The van der Waals surface area contributed by atoms with Crippen molar-refractivity contribution in [1.29, 1.82) is 0 Å². The molecule has 216 valence electrons. The van der Waals surface area contributed by atoms with Gasteiger partial charge >= 0.3 is 18.4 Å². The second-order valence-corrected chi connectivity index (χ2v) is 10.6. The van der Waals surface area contributed by atoms with E-state index in [0.717, 1.165) is 30.3 Å². The van der Waals surface area contributed by atoms with Crippen LogP contribution >= 0.6 is 0 Å². The molecule has 0 bridgehead atoms. The third kappa shape index (κ3) is 7.68. The molecule has 1 saturated heterocycles. The van der Waals surface area contributed by atoms with E-state index in [0.29, 0.717) is 0 Å². The molecule has 0 unspecified atom stereocenters. The Balaban J connectivity index is 1.49. The van der Waals surface area contributed by atoms with Crippen LogP contribution in [0.15, 0.2) is 53.4 Å². The summed E-state index contributed by atoms with van der Waals surface area (Å²) in [6.45, 7) is -1.65. The molecule has 0 radical (unpaired) electrons. The highest BCUT2D eigenvalue weighted by Crippen LogP contribution is 2.31. The van der Waals surface area contributed by atoms with Gasteiger partial charge in [0.15, 0.2) is 6.61 Å². The van der Waals surface area contributed by atoms with Gasteiger partial charge in [0.1, 0.15) is 5.82 Å². The van der Waals surface area contributed by atoms with Crippen LogP contribution in [0.3, 0.4) is 0 Å². The van der Waals surface area contributed by atoms with E-state index in [4.69, 9.17) is 0 Å². The topological polar surface area (TPSA) is 109 Å². The Labute approximate surface area is 223 Å². The second-order valence-electron chi connectivity index (χ2n) is 8.65. The summed E-state index contributed by atoms with van der Waals surface area (Å²) < 4.78 is 122. The summed E-state index contributed by atoms with van der Waals surface area (Å²) in [5.74, 6) is -1.33. The van der Waals surface area contributed by atoms with Crippen LogP contribution in [0, 0.1) is 5.82 Å². The molecule has 2 heterocycles. The SMILES string of the molecule is O=S(=O)(c1cccc(F)c1)N1CCC(Nc2nc(Nc3cccc(C(F)(F)F)c3)nc(OCC(F)(F)F)n2)CC1. The van der Waals surface area contributed by atoms with Crippen LogP contribution in [0.1, 0.15) is 18.4 Å². The summed E-state index contributed by atoms with van der Waals surface area (Å²) in [4.78, 5) is 11.3. The van der Waals surface area contributed by atoms with Gasteiger partial charge in [-0.3, -0.25) is 0 Å². The zero-order valence-corrected chi connectivity index (χ0v) is 21.1. The minimum atomic E-state index is -4.71. The largest absolute Gasteiger partial charge is 0.454 e. The first-order chi connectivity index (χ1) is 18.7. The number of sulfonamides is 1. The molecule has 1 fully saturated rings. The van der Waals surface area contributed by atoms with Crippen molar-refractivity contribution < 1.29 is 43.9 Å². The maximum atomic E-state index is 13.5. The normalized spacial score (nSPS) is 15.6. The minimum Gasteiger partial charge on any atom is -0.454 e. The average Bonchev–Trinajstić information content (AvgIpc) is 2.87. The maximum Gasteiger partial charge on any atom is 0.422 e. The number of aromatic nitrogens is 3. The number of anilines is 3. The molecular formula is C23H21F7N6O3S. The van der Waals surface area contributed by atoms with Gasteiger partial charge in [-0.25, -0.2) is 12.8 Å². The van der Waals surface area contributed by atoms with Crippen molar-refractivity contribution in [2.75, 3.05) is 30.3 Å². The molecule has 0 spiro atoms. The molecule has 0 aliphatic carbocycles. The van der Waals surface area contributed by atoms with Crippen LogP contribution in [0.2, 0.25) is 0 Å². The molecule has 1 aliphatic rings. The number of benzene rings is 2. The quantitative estimate of drug-likeness (QED) is 0.352. The first-order valence-corrected chi connectivity index (χ1v) is 13.1. The highest BCUT2D eigenvalue weighted by molar-refractivity contribution is 7.89. The fourth-order valence-corrected chi connectivity index (χ4v) is 5.29. The van der Waals surface area contributed by atoms with Crippen molar-refractivity contribution in [1.82, 2.24) is 19.3 Å². The van der Waals surface area contributed by atoms with Gasteiger partial charge < -0.3 is 15.4 Å². The minimum absolute atomic E-state index is 0.0361. The van der Waals surface area contributed by atoms with Crippen molar-refractivity contribution in [3.8, 4) is 6.01 Å². The molecule has 17 heteroatoms. The summed E-state index contributed by atoms with van der Waals surface area (Å²) in [7, 11) is -3.96. The highest BCUT2D eigenvalue weighted by atomic mass is 32.2. The number of hydrogen-bond acceptors (Lipinski definition) is 8. The van der Waals surface area contributed by atoms with Crippen LogP contribution in [-0.4, -0.2) is 59.6 Å². The Morgan fingerprint density at radius 3 is 2.25 bits per heavy atom. The maximum absolute atomic E-state index is 13.5. The van der Waals surface area contributed by atoms with E-state index in [1.54, 1.807) is 0 Å². The van der Waals surface area contributed by atoms with Gasteiger partial charge in [-0.2, -0.15) is 45.6 Å². The molecule has 2 aromatic carbocycles. The van der Waals surface area contributed by atoms with Crippen LogP contribution in [0.5, 0.6) is 6.01 Å². The number of hydrogen-bond donors (Lipinski definition) is 2. The fraction of sp³-hybridized carbons (Fsp3) is 0.348. The second kappa shape index (κ2) is 11.4. The number of rotatable bonds is 8. The number of piperidine rings is 1. The van der Waals surface area contributed by atoms with Crippen molar-refractivity contribution >= 4 is 27.6 Å². The number of nitrogens with one attached hydrogen (secondary N) is 2. The summed E-state index contributed by atoms with van der Waals surface area (Å²) >= 11 is 0. The molecule has 1 aromatic heterocycles. The van der Waals surface area contributed by atoms with Crippen molar-refractivity contribution in [3.05, 3.63) is 59.9 Å². The van der Waals surface area contributed by atoms with Gasteiger partial charge in [0, 0.05) is 24.8 Å². The van der Waals surface area contributed by atoms with Crippen molar-refractivity contribution in [2.24, 2.45) is 0 Å². The van der Waals surface area contributed by atoms with Gasteiger partial charge in [-0.15, -0.1) is 0 Å². The van der Waals surface area contributed by atoms with Crippen LogP contribution in [-0.2, 0) is 16.2 Å². The summed E-state index contributed by atoms with van der Waals surface area (Å²) in [5, 5.41) is 5.38. The zero-order valence-electron chi connectivity index (χ0n) is 20.3. The number of ether oxygens (including phenoxy) is 1. The molecule has 9 nitrogen and oxygen atoms in total. The lowest BCUT2D eigenvalue weighted by atomic mass is 10.1. The molecule has 0 saturated carbocycles. The molecule has 40 heavy (non-hydrogen) atoms. The molecule has 3 aromatic rings. The molecule has 1 aliphatic heterocycles. The predicted octanol–water partition coefficient (Wildman–Crippen LogP) is 4.98. The first-order valence-electron chi connectivity index (χ1n) is 11.6. The van der Waals surface area contributed by atoms with E-state index in [1.807, 2.05) is 0 Å². The van der Waals surface area contributed by atoms with Gasteiger partial charge in [-0.05, 0) is 49.2 Å². The monoisotopic (exact) mass is 594 g/mol. The molecule has 4 rings (SSSR count). The molecule has 0 atom stereocenters.